The van der Waals surface area contributed by atoms with Gasteiger partial charge in [-0.2, -0.15) is 0 Å². The van der Waals surface area contributed by atoms with E-state index in [2.05, 4.69) is 0 Å². The summed E-state index contributed by atoms with van der Waals surface area (Å²) >= 11 is 0. The number of allylic oxidation sites excluding steroid dienone is 1. The van der Waals surface area contributed by atoms with Crippen molar-refractivity contribution in [2.24, 2.45) is 0 Å². The number of hydrogen-bond acceptors (Lipinski definition) is 2. The first kappa shape index (κ1) is 11.9. The van der Waals surface area contributed by atoms with Gasteiger partial charge in [-0.1, -0.05) is 12.5 Å². The first-order valence-corrected chi connectivity index (χ1v) is 4.52. The maximum atomic E-state index is 10.4. The smallest absolute Gasteiger partial charge is 0.330 e. The molecule has 3 nitrogen and oxygen atoms in total. The summed E-state index contributed by atoms with van der Waals surface area (Å²) in [6.07, 6.45) is 6.89. The predicted molar refractivity (Wildman–Crippen MR) is 50.5 cm³/mol. The Hall–Kier alpha value is -1.12. The highest BCUT2D eigenvalue weighted by atomic mass is 16.4. The fourth-order valence-electron chi connectivity index (χ4n) is 0.955. The molecule has 0 bridgehead atoms. The normalized spacial score (nSPS) is 11.3. The fraction of sp³-hybridized carbons (Fsp3) is 0.600. The summed E-state index contributed by atoms with van der Waals surface area (Å²) in [7, 11) is 0. The molecular weight excluding hydrogens is 168 g/mol. The first-order chi connectivity index (χ1) is 6.18. The zero-order valence-corrected chi connectivity index (χ0v) is 7.95. The third-order valence-electron chi connectivity index (χ3n) is 1.81. The van der Waals surface area contributed by atoms with Crippen molar-refractivity contribution < 1.29 is 14.7 Å². The van der Waals surface area contributed by atoms with E-state index in [4.69, 9.17) is 5.11 Å². The number of aliphatic carboxylic acids is 1. The second-order valence-electron chi connectivity index (χ2n) is 3.00. The molecule has 0 heterocycles. The monoisotopic (exact) mass is 184 g/mol. The van der Waals surface area contributed by atoms with Crippen molar-refractivity contribution in [1.29, 1.82) is 0 Å². The largest absolute Gasteiger partial charge is 0.478 e. The molecule has 0 saturated heterocycles. The van der Waals surface area contributed by atoms with E-state index in [1.54, 1.807) is 13.0 Å². The lowest BCUT2D eigenvalue weighted by molar-refractivity contribution is -0.132. The van der Waals surface area contributed by atoms with Gasteiger partial charge in [0.15, 0.2) is 0 Å². The Morgan fingerprint density at radius 2 is 1.85 bits per heavy atom. The third kappa shape index (κ3) is 7.25. The molecule has 0 aliphatic carbocycles. The van der Waals surface area contributed by atoms with Crippen LogP contribution in [0.1, 0.15) is 39.0 Å². The quantitative estimate of drug-likeness (QED) is 0.375. The summed E-state index contributed by atoms with van der Waals surface area (Å²) in [5.74, 6) is -0.854. The maximum Gasteiger partial charge on any atom is 0.330 e. The van der Waals surface area contributed by atoms with Gasteiger partial charge >= 0.3 is 5.97 Å². The highest BCUT2D eigenvalue weighted by molar-refractivity contribution is 5.85. The Morgan fingerprint density at radius 1 is 1.23 bits per heavy atom. The lowest BCUT2D eigenvalue weighted by atomic mass is 10.1. The molecule has 0 aromatic carbocycles. The van der Waals surface area contributed by atoms with Crippen LogP contribution in [-0.4, -0.2) is 17.4 Å². The van der Waals surface area contributed by atoms with E-state index >= 15 is 0 Å². The van der Waals surface area contributed by atoms with Gasteiger partial charge in [-0.05, 0) is 26.2 Å². The van der Waals surface area contributed by atoms with Crippen LogP contribution in [0.25, 0.3) is 0 Å². The van der Waals surface area contributed by atoms with Gasteiger partial charge in [0.2, 0.25) is 0 Å². The molecule has 0 aliphatic rings. The van der Waals surface area contributed by atoms with Crippen LogP contribution in [0.4, 0.5) is 0 Å². The van der Waals surface area contributed by atoms with E-state index in [1.807, 2.05) is 0 Å². The van der Waals surface area contributed by atoms with Crippen LogP contribution < -0.4 is 0 Å². The lowest BCUT2D eigenvalue weighted by Crippen LogP contribution is -1.95. The SMILES string of the molecule is CC(=CCCCCCC=O)C(=O)O. The van der Waals surface area contributed by atoms with E-state index in [0.29, 0.717) is 12.0 Å². The number of unbranched alkanes of at least 4 members (excludes halogenated alkanes) is 4. The Labute approximate surface area is 78.5 Å². The first-order valence-electron chi connectivity index (χ1n) is 4.52. The second-order valence-corrected chi connectivity index (χ2v) is 3.00. The van der Waals surface area contributed by atoms with Crippen LogP contribution in [-0.2, 0) is 9.59 Å². The number of carboxylic acid groups (broad SMARTS) is 1. The van der Waals surface area contributed by atoms with Crippen molar-refractivity contribution in [3.05, 3.63) is 11.6 Å². The number of carboxylic acids is 1. The number of carbonyl (C=O) groups is 2. The summed E-state index contributed by atoms with van der Waals surface area (Å²) in [5.41, 5.74) is 0.399. The molecule has 0 amide bonds. The Balaban J connectivity index is 3.39. The number of aldehydes is 1. The summed E-state index contributed by atoms with van der Waals surface area (Å²) in [6.45, 7) is 1.59. The van der Waals surface area contributed by atoms with Gasteiger partial charge in [-0.15, -0.1) is 0 Å². The molecular formula is C10H16O3. The predicted octanol–water partition coefficient (Wildman–Crippen LogP) is 2.17. The molecule has 0 unspecified atom stereocenters. The van der Waals surface area contributed by atoms with Crippen LogP contribution in [0, 0.1) is 0 Å². The van der Waals surface area contributed by atoms with Gasteiger partial charge in [0, 0.05) is 12.0 Å². The second kappa shape index (κ2) is 7.53. The molecule has 0 aromatic heterocycles. The van der Waals surface area contributed by atoms with Gasteiger partial charge in [0.25, 0.3) is 0 Å². The van der Waals surface area contributed by atoms with E-state index < -0.39 is 5.97 Å². The van der Waals surface area contributed by atoms with Crippen molar-refractivity contribution >= 4 is 12.3 Å². The van der Waals surface area contributed by atoms with Crippen LogP contribution >= 0.6 is 0 Å². The standard InChI is InChI=1S/C10H16O3/c1-9(10(12)13)7-5-3-2-4-6-8-11/h7-8H,2-6H2,1H3,(H,12,13). The van der Waals surface area contributed by atoms with Crippen LogP contribution in [0.3, 0.4) is 0 Å². The van der Waals surface area contributed by atoms with Crippen LogP contribution in [0.5, 0.6) is 0 Å². The van der Waals surface area contributed by atoms with Crippen molar-refractivity contribution in [3.8, 4) is 0 Å². The van der Waals surface area contributed by atoms with Crippen molar-refractivity contribution in [3.63, 3.8) is 0 Å². The minimum Gasteiger partial charge on any atom is -0.478 e. The van der Waals surface area contributed by atoms with Crippen molar-refractivity contribution in [2.45, 2.75) is 39.0 Å². The molecule has 0 radical (unpaired) electrons. The van der Waals surface area contributed by atoms with E-state index in [1.165, 1.54) is 0 Å². The zero-order valence-electron chi connectivity index (χ0n) is 7.95. The molecule has 0 saturated carbocycles. The summed E-state index contributed by atoms with van der Waals surface area (Å²) in [4.78, 5) is 20.3. The Bertz CT molecular complexity index is 194. The minimum atomic E-state index is -0.854. The van der Waals surface area contributed by atoms with E-state index in [9.17, 15) is 9.59 Å². The topological polar surface area (TPSA) is 54.4 Å². The molecule has 0 aromatic rings. The molecule has 3 heteroatoms. The average molecular weight is 184 g/mol. The molecule has 74 valence electrons. The van der Waals surface area contributed by atoms with Crippen molar-refractivity contribution in [2.75, 3.05) is 0 Å². The van der Waals surface area contributed by atoms with Gasteiger partial charge in [-0.25, -0.2) is 4.79 Å². The van der Waals surface area contributed by atoms with Crippen LogP contribution in [0.15, 0.2) is 11.6 Å². The Morgan fingerprint density at radius 3 is 2.38 bits per heavy atom. The van der Waals surface area contributed by atoms with Gasteiger partial charge < -0.3 is 9.90 Å². The minimum absolute atomic E-state index is 0.399. The number of rotatable bonds is 7. The highest BCUT2D eigenvalue weighted by Gasteiger charge is 1.97. The molecule has 0 aliphatic heterocycles. The fourth-order valence-corrected chi connectivity index (χ4v) is 0.955. The van der Waals surface area contributed by atoms with Crippen LogP contribution in [0.2, 0.25) is 0 Å². The highest BCUT2D eigenvalue weighted by Crippen LogP contribution is 2.04. The molecule has 1 N–H and O–H groups in total. The van der Waals surface area contributed by atoms with Gasteiger partial charge in [-0.3, -0.25) is 0 Å². The summed E-state index contributed by atoms with van der Waals surface area (Å²) in [5, 5.41) is 8.51. The summed E-state index contributed by atoms with van der Waals surface area (Å²) in [6, 6.07) is 0. The van der Waals surface area contributed by atoms with Gasteiger partial charge in [0.05, 0.1) is 0 Å². The molecule has 0 atom stereocenters. The third-order valence-corrected chi connectivity index (χ3v) is 1.81. The molecule has 13 heavy (non-hydrogen) atoms. The molecule has 0 rings (SSSR count). The van der Waals surface area contributed by atoms with Gasteiger partial charge in [0.1, 0.15) is 6.29 Å². The van der Waals surface area contributed by atoms with Crippen molar-refractivity contribution in [1.82, 2.24) is 0 Å². The lowest BCUT2D eigenvalue weighted by Gasteiger charge is -1.95. The molecule has 0 spiro atoms. The zero-order chi connectivity index (χ0) is 10.1. The summed E-state index contributed by atoms with van der Waals surface area (Å²) < 4.78 is 0. The molecule has 0 fully saturated rings. The Kier molecular flexibility index (Phi) is 6.88. The maximum absolute atomic E-state index is 10.4. The van der Waals surface area contributed by atoms with E-state index in [-0.39, 0.29) is 0 Å². The van der Waals surface area contributed by atoms with E-state index in [0.717, 1.165) is 32.0 Å². The number of hydrogen-bond donors (Lipinski definition) is 1. The number of carbonyl (C=O) groups excluding carboxylic acids is 1. The average Bonchev–Trinajstić information content (AvgIpc) is 2.10.